The van der Waals surface area contributed by atoms with Gasteiger partial charge >= 0.3 is 6.18 Å². The number of pyridine rings is 1. The lowest BCUT2D eigenvalue weighted by molar-refractivity contribution is -0.114. The molecular weight excluding hydrogens is 428 g/mol. The summed E-state index contributed by atoms with van der Waals surface area (Å²) >= 11 is 1.59. The van der Waals surface area contributed by atoms with E-state index in [1.54, 1.807) is 18.3 Å². The Morgan fingerprint density at radius 3 is 2.69 bits per heavy atom. The number of halogens is 4. The Labute approximate surface area is 172 Å². The van der Waals surface area contributed by atoms with Crippen molar-refractivity contribution >= 4 is 35.1 Å². The zero-order valence-electron chi connectivity index (χ0n) is 15.0. The van der Waals surface area contributed by atoms with Crippen LogP contribution in [-0.4, -0.2) is 22.8 Å². The molecule has 0 bridgehead atoms. The molecule has 4 N–H and O–H groups in total. The van der Waals surface area contributed by atoms with Gasteiger partial charge in [-0.15, -0.1) is 11.8 Å². The number of benzene rings is 1. The van der Waals surface area contributed by atoms with Crippen molar-refractivity contribution in [3.05, 3.63) is 64.3 Å². The Bertz CT molecular complexity index is 966. The molecule has 2 heterocycles. The lowest BCUT2D eigenvalue weighted by Crippen LogP contribution is -2.28. The Kier molecular flexibility index (Phi) is 5.99. The van der Waals surface area contributed by atoms with Gasteiger partial charge in [-0.05, 0) is 30.7 Å². The molecule has 11 heteroatoms. The first kappa shape index (κ1) is 21.3. The number of aromatic nitrogens is 1. The molecule has 154 valence electrons. The molecule has 1 aromatic heterocycles. The SMILES string of the molecule is Cc1cc(F)c(N2C(N)=C(C(N)=O)SC2c2cccnc2)cc1SCC(F)(F)F. The van der Waals surface area contributed by atoms with Crippen LogP contribution >= 0.6 is 23.5 Å². The Hall–Kier alpha value is -2.40. The Morgan fingerprint density at radius 1 is 1.38 bits per heavy atom. The first-order chi connectivity index (χ1) is 13.6. The van der Waals surface area contributed by atoms with Crippen molar-refractivity contribution in [3.63, 3.8) is 0 Å². The number of carbonyl (C=O) groups is 1. The predicted molar refractivity (Wildman–Crippen MR) is 105 cm³/mol. The van der Waals surface area contributed by atoms with Crippen molar-refractivity contribution in [1.29, 1.82) is 0 Å². The molecule has 0 saturated carbocycles. The predicted octanol–water partition coefficient (Wildman–Crippen LogP) is 4.05. The fourth-order valence-corrected chi connectivity index (χ4v) is 4.75. The van der Waals surface area contributed by atoms with E-state index in [-0.39, 0.29) is 21.3 Å². The molecule has 1 aromatic carbocycles. The van der Waals surface area contributed by atoms with Crippen molar-refractivity contribution in [2.45, 2.75) is 23.4 Å². The van der Waals surface area contributed by atoms with Crippen molar-refractivity contribution in [1.82, 2.24) is 4.98 Å². The van der Waals surface area contributed by atoms with Gasteiger partial charge in [-0.1, -0.05) is 17.8 Å². The zero-order chi connectivity index (χ0) is 21.3. The number of carbonyl (C=O) groups excluding carboxylic acids is 1. The standard InChI is InChI=1S/C18H16F4N4OS2/c1-9-5-11(19)12(6-13(9)28-8-18(20,21)22)26-15(23)14(16(24)27)29-17(26)10-3-2-4-25-7-10/h2-7,17H,8,23H2,1H3,(H2,24,27). The lowest BCUT2D eigenvalue weighted by atomic mass is 10.1. The van der Waals surface area contributed by atoms with Gasteiger partial charge in [0.2, 0.25) is 0 Å². The molecule has 1 aliphatic heterocycles. The van der Waals surface area contributed by atoms with Crippen LogP contribution < -0.4 is 16.4 Å². The number of amides is 1. The molecule has 0 aliphatic carbocycles. The van der Waals surface area contributed by atoms with Gasteiger partial charge in [0.25, 0.3) is 5.91 Å². The van der Waals surface area contributed by atoms with E-state index in [9.17, 15) is 22.4 Å². The molecule has 2 aromatic rings. The fourth-order valence-electron chi connectivity index (χ4n) is 2.78. The van der Waals surface area contributed by atoms with Gasteiger partial charge < -0.3 is 16.4 Å². The van der Waals surface area contributed by atoms with E-state index < -0.39 is 29.0 Å². The third-order valence-corrected chi connectivity index (χ3v) is 6.62. The smallest absolute Gasteiger partial charge is 0.384 e. The second kappa shape index (κ2) is 8.15. The van der Waals surface area contributed by atoms with E-state index in [0.717, 1.165) is 17.8 Å². The van der Waals surface area contributed by atoms with Crippen LogP contribution in [0.1, 0.15) is 16.5 Å². The van der Waals surface area contributed by atoms with Crippen LogP contribution in [0.15, 0.2) is 52.3 Å². The second-order valence-electron chi connectivity index (χ2n) is 6.18. The molecule has 0 spiro atoms. The van der Waals surface area contributed by atoms with Gasteiger partial charge in [0.15, 0.2) is 0 Å². The van der Waals surface area contributed by atoms with E-state index in [2.05, 4.69) is 4.98 Å². The maximum atomic E-state index is 14.9. The summed E-state index contributed by atoms with van der Waals surface area (Å²) in [5.74, 6) is -2.63. The first-order valence-electron chi connectivity index (χ1n) is 8.23. The van der Waals surface area contributed by atoms with Crippen LogP contribution in [0.3, 0.4) is 0 Å². The summed E-state index contributed by atoms with van der Waals surface area (Å²) in [6.07, 6.45) is -1.28. The van der Waals surface area contributed by atoms with Crippen LogP contribution in [0.5, 0.6) is 0 Å². The summed E-state index contributed by atoms with van der Waals surface area (Å²) in [5.41, 5.74) is 12.4. The highest BCUT2D eigenvalue weighted by atomic mass is 32.2. The summed E-state index contributed by atoms with van der Waals surface area (Å²) < 4.78 is 52.8. The molecule has 0 fully saturated rings. The van der Waals surface area contributed by atoms with Crippen molar-refractivity contribution in [2.75, 3.05) is 10.7 Å². The largest absolute Gasteiger partial charge is 0.398 e. The van der Waals surface area contributed by atoms with E-state index in [4.69, 9.17) is 11.5 Å². The summed E-state index contributed by atoms with van der Waals surface area (Å²) in [6.45, 7) is 1.52. The molecule has 1 amide bonds. The van der Waals surface area contributed by atoms with Gasteiger partial charge in [-0.2, -0.15) is 13.2 Å². The molecule has 3 rings (SSSR count). The molecule has 0 saturated heterocycles. The van der Waals surface area contributed by atoms with Crippen LogP contribution in [0.4, 0.5) is 23.2 Å². The van der Waals surface area contributed by atoms with E-state index in [1.165, 1.54) is 24.1 Å². The summed E-state index contributed by atoms with van der Waals surface area (Å²) in [4.78, 5) is 17.5. The summed E-state index contributed by atoms with van der Waals surface area (Å²) in [7, 11) is 0. The quantitative estimate of drug-likeness (QED) is 0.535. The molecule has 5 nitrogen and oxygen atoms in total. The van der Waals surface area contributed by atoms with Gasteiger partial charge in [-0.3, -0.25) is 9.78 Å². The van der Waals surface area contributed by atoms with Crippen LogP contribution in [0.2, 0.25) is 0 Å². The number of alkyl halides is 3. The highest BCUT2D eigenvalue weighted by Gasteiger charge is 2.37. The van der Waals surface area contributed by atoms with E-state index >= 15 is 0 Å². The number of primary amides is 1. The topological polar surface area (TPSA) is 85.2 Å². The van der Waals surface area contributed by atoms with Crippen LogP contribution in [0, 0.1) is 12.7 Å². The monoisotopic (exact) mass is 444 g/mol. The number of nitrogens with two attached hydrogens (primary N) is 2. The third-order valence-electron chi connectivity index (χ3n) is 4.04. The summed E-state index contributed by atoms with van der Waals surface area (Å²) in [6, 6.07) is 5.85. The first-order valence-corrected chi connectivity index (χ1v) is 10.1. The van der Waals surface area contributed by atoms with Gasteiger partial charge in [0.05, 0.1) is 11.4 Å². The number of rotatable bonds is 5. The fraction of sp³-hybridized carbons (Fsp3) is 0.222. The minimum absolute atomic E-state index is 0.0447. The molecular formula is C18H16F4N4OS2. The van der Waals surface area contributed by atoms with Crippen LogP contribution in [0.25, 0.3) is 0 Å². The lowest BCUT2D eigenvalue weighted by Gasteiger charge is -2.28. The van der Waals surface area contributed by atoms with E-state index in [1.807, 2.05) is 0 Å². The number of hydrogen-bond donors (Lipinski definition) is 2. The van der Waals surface area contributed by atoms with Gasteiger partial charge in [0.1, 0.15) is 21.9 Å². The maximum absolute atomic E-state index is 14.9. The molecule has 1 aliphatic rings. The highest BCUT2D eigenvalue weighted by molar-refractivity contribution is 8.04. The zero-order valence-corrected chi connectivity index (χ0v) is 16.7. The maximum Gasteiger partial charge on any atom is 0.398 e. The average Bonchev–Trinajstić information content (AvgIpc) is 2.98. The number of anilines is 1. The summed E-state index contributed by atoms with van der Waals surface area (Å²) in [5, 5.41) is -0.649. The molecule has 1 atom stereocenters. The minimum atomic E-state index is -4.37. The van der Waals surface area contributed by atoms with Crippen molar-refractivity contribution in [3.8, 4) is 0 Å². The number of thioether (sulfide) groups is 2. The number of nitrogens with zero attached hydrogens (tertiary/aromatic N) is 2. The minimum Gasteiger partial charge on any atom is -0.384 e. The highest BCUT2D eigenvalue weighted by Crippen LogP contribution is 2.49. The second-order valence-corrected chi connectivity index (χ2v) is 8.29. The van der Waals surface area contributed by atoms with Crippen molar-refractivity contribution in [2.24, 2.45) is 11.5 Å². The Balaban J connectivity index is 2.08. The number of hydrogen-bond acceptors (Lipinski definition) is 6. The Morgan fingerprint density at radius 2 is 2.10 bits per heavy atom. The van der Waals surface area contributed by atoms with Gasteiger partial charge in [-0.25, -0.2) is 4.39 Å². The van der Waals surface area contributed by atoms with Crippen LogP contribution in [-0.2, 0) is 4.79 Å². The third kappa shape index (κ3) is 4.61. The van der Waals surface area contributed by atoms with Gasteiger partial charge in [0, 0.05) is 22.9 Å². The van der Waals surface area contributed by atoms with Crippen molar-refractivity contribution < 1.29 is 22.4 Å². The van der Waals surface area contributed by atoms with E-state index in [0.29, 0.717) is 22.9 Å². The number of aryl methyl sites for hydroxylation is 1. The molecule has 29 heavy (non-hydrogen) atoms. The normalized spacial score (nSPS) is 17.1. The average molecular weight is 444 g/mol. The molecule has 1 unspecified atom stereocenters. The molecule has 0 radical (unpaired) electrons.